The normalized spacial score (nSPS) is 10.2. The van der Waals surface area contributed by atoms with Gasteiger partial charge >= 0.3 is 0 Å². The van der Waals surface area contributed by atoms with Crippen molar-refractivity contribution in [3.63, 3.8) is 0 Å². The molecule has 1 rings (SSSR count). The fraction of sp³-hybridized carbons (Fsp3) is 0.182. The van der Waals surface area contributed by atoms with Gasteiger partial charge in [0.2, 0.25) is 0 Å². The summed E-state index contributed by atoms with van der Waals surface area (Å²) >= 11 is 3.45. The summed E-state index contributed by atoms with van der Waals surface area (Å²) < 4.78 is 1.06. The van der Waals surface area contributed by atoms with Gasteiger partial charge in [-0.25, -0.2) is 0 Å². The van der Waals surface area contributed by atoms with Crippen molar-refractivity contribution in [2.24, 2.45) is 0 Å². The van der Waals surface area contributed by atoms with Crippen LogP contribution in [0, 0.1) is 11.3 Å². The molecular formula is C11H10BrN. The molecule has 0 bridgehead atoms. The lowest BCUT2D eigenvalue weighted by molar-refractivity contribution is 1.24. The molecule has 0 saturated carbocycles. The Morgan fingerprint density at radius 2 is 2.31 bits per heavy atom. The van der Waals surface area contributed by atoms with E-state index in [4.69, 9.17) is 5.26 Å². The maximum absolute atomic E-state index is 8.70. The predicted molar refractivity (Wildman–Crippen MR) is 57.4 cm³/mol. The van der Waals surface area contributed by atoms with Crippen LogP contribution in [0.25, 0.3) is 0 Å². The molecule has 1 aromatic carbocycles. The zero-order valence-corrected chi connectivity index (χ0v) is 9.01. The Morgan fingerprint density at radius 3 is 2.92 bits per heavy atom. The maximum Gasteiger partial charge on any atom is 0.0991 e. The van der Waals surface area contributed by atoms with Crippen LogP contribution in [0.15, 0.2) is 34.8 Å². The van der Waals surface area contributed by atoms with Gasteiger partial charge in [0.05, 0.1) is 11.6 Å². The van der Waals surface area contributed by atoms with Crippen LogP contribution >= 0.6 is 15.9 Å². The van der Waals surface area contributed by atoms with Gasteiger partial charge in [-0.1, -0.05) is 28.1 Å². The van der Waals surface area contributed by atoms with Gasteiger partial charge in [-0.3, -0.25) is 0 Å². The third-order valence-corrected chi connectivity index (χ3v) is 2.52. The second kappa shape index (κ2) is 4.84. The highest BCUT2D eigenvalue weighted by Crippen LogP contribution is 2.18. The van der Waals surface area contributed by atoms with E-state index >= 15 is 0 Å². The van der Waals surface area contributed by atoms with Gasteiger partial charge in [0.15, 0.2) is 0 Å². The summed E-state index contributed by atoms with van der Waals surface area (Å²) in [5, 5.41) is 8.70. The number of hydrogen-bond donors (Lipinski definition) is 0. The lowest BCUT2D eigenvalue weighted by Crippen LogP contribution is -1.85. The lowest BCUT2D eigenvalue weighted by Gasteiger charge is -2.00. The fourth-order valence-electron chi connectivity index (χ4n) is 1.05. The number of benzene rings is 1. The Hall–Kier alpha value is -1.07. The molecule has 0 aliphatic heterocycles. The van der Waals surface area contributed by atoms with Crippen LogP contribution in [0.5, 0.6) is 0 Å². The minimum Gasteiger partial charge on any atom is -0.192 e. The topological polar surface area (TPSA) is 23.8 Å². The molecule has 1 nitrogen and oxygen atoms in total. The molecule has 0 fully saturated rings. The lowest BCUT2D eigenvalue weighted by atomic mass is 10.1. The Morgan fingerprint density at radius 1 is 1.54 bits per heavy atom. The van der Waals surface area contributed by atoms with Crippen LogP contribution in [0.3, 0.4) is 0 Å². The van der Waals surface area contributed by atoms with Crippen molar-refractivity contribution in [2.45, 2.75) is 13.3 Å². The van der Waals surface area contributed by atoms with E-state index in [-0.39, 0.29) is 0 Å². The minimum absolute atomic E-state index is 0.711. The number of halogens is 1. The number of allylic oxidation sites excluding steroid dienone is 2. The third kappa shape index (κ3) is 2.71. The summed E-state index contributed by atoms with van der Waals surface area (Å²) in [7, 11) is 0. The third-order valence-electron chi connectivity index (χ3n) is 1.75. The van der Waals surface area contributed by atoms with E-state index in [1.54, 1.807) is 0 Å². The zero-order chi connectivity index (χ0) is 9.68. The van der Waals surface area contributed by atoms with Crippen molar-refractivity contribution in [1.82, 2.24) is 0 Å². The van der Waals surface area contributed by atoms with Crippen LogP contribution in [-0.2, 0) is 6.42 Å². The van der Waals surface area contributed by atoms with Gasteiger partial charge in [-0.2, -0.15) is 5.26 Å². The molecule has 0 heterocycles. The number of nitriles is 1. The molecule has 0 unspecified atom stereocenters. The number of nitrogens with zero attached hydrogens (tertiary/aromatic N) is 1. The van der Waals surface area contributed by atoms with Gasteiger partial charge in [0.1, 0.15) is 0 Å². The molecular weight excluding hydrogens is 226 g/mol. The van der Waals surface area contributed by atoms with Crippen LogP contribution in [0.4, 0.5) is 0 Å². The molecule has 0 atom stereocenters. The summed E-state index contributed by atoms with van der Waals surface area (Å²) in [4.78, 5) is 0. The molecule has 13 heavy (non-hydrogen) atoms. The molecule has 0 aliphatic carbocycles. The van der Waals surface area contributed by atoms with Gasteiger partial charge in [0.25, 0.3) is 0 Å². The number of rotatable bonds is 2. The van der Waals surface area contributed by atoms with Gasteiger partial charge in [-0.05, 0) is 37.1 Å². The summed E-state index contributed by atoms with van der Waals surface area (Å²) in [6, 6.07) is 7.76. The highest BCUT2D eigenvalue weighted by Gasteiger charge is 1.98. The summed E-state index contributed by atoms with van der Waals surface area (Å²) in [6.45, 7) is 1.99. The van der Waals surface area contributed by atoms with E-state index in [2.05, 4.69) is 28.1 Å². The fourth-order valence-corrected chi connectivity index (χ4v) is 1.45. The van der Waals surface area contributed by atoms with E-state index in [0.717, 1.165) is 16.5 Å². The van der Waals surface area contributed by atoms with Crippen LogP contribution < -0.4 is 0 Å². The average molecular weight is 236 g/mol. The predicted octanol–water partition coefficient (Wildman–Crippen LogP) is 3.44. The Balaban J connectivity index is 2.98. The van der Waals surface area contributed by atoms with E-state index in [0.29, 0.717) is 5.56 Å². The second-order valence-electron chi connectivity index (χ2n) is 2.69. The quantitative estimate of drug-likeness (QED) is 0.721. The first kappa shape index (κ1) is 10.0. The Bertz CT molecular complexity index is 361. The molecule has 0 radical (unpaired) electrons. The smallest absolute Gasteiger partial charge is 0.0991 e. The van der Waals surface area contributed by atoms with E-state index in [1.807, 2.05) is 31.2 Å². The van der Waals surface area contributed by atoms with E-state index in [9.17, 15) is 0 Å². The molecule has 0 amide bonds. The van der Waals surface area contributed by atoms with Gasteiger partial charge in [0, 0.05) is 4.47 Å². The molecule has 2 heteroatoms. The van der Waals surface area contributed by atoms with Crippen molar-refractivity contribution in [2.75, 3.05) is 0 Å². The number of hydrogen-bond acceptors (Lipinski definition) is 1. The van der Waals surface area contributed by atoms with Crippen molar-refractivity contribution in [3.8, 4) is 6.07 Å². The van der Waals surface area contributed by atoms with E-state index in [1.165, 1.54) is 0 Å². The Labute approximate surface area is 86.8 Å². The first-order valence-electron chi connectivity index (χ1n) is 4.07. The molecule has 0 aromatic heterocycles. The SMILES string of the molecule is CC=CCc1cc(C#N)ccc1Br. The van der Waals surface area contributed by atoms with Gasteiger partial charge < -0.3 is 0 Å². The maximum atomic E-state index is 8.70. The van der Waals surface area contributed by atoms with Crippen molar-refractivity contribution < 1.29 is 0 Å². The van der Waals surface area contributed by atoms with Crippen molar-refractivity contribution >= 4 is 15.9 Å². The van der Waals surface area contributed by atoms with Crippen LogP contribution in [-0.4, -0.2) is 0 Å². The second-order valence-corrected chi connectivity index (χ2v) is 3.55. The van der Waals surface area contributed by atoms with E-state index < -0.39 is 0 Å². The standard InChI is InChI=1S/C11H10BrN/c1-2-3-4-10-7-9(8-13)5-6-11(10)12/h2-3,5-7H,4H2,1H3. The monoisotopic (exact) mass is 235 g/mol. The minimum atomic E-state index is 0.711. The first-order chi connectivity index (χ1) is 6.27. The van der Waals surface area contributed by atoms with Crippen LogP contribution in [0.1, 0.15) is 18.1 Å². The molecule has 1 aromatic rings. The van der Waals surface area contributed by atoms with Crippen LogP contribution in [0.2, 0.25) is 0 Å². The summed E-state index contributed by atoms with van der Waals surface area (Å²) in [6.07, 6.45) is 4.94. The molecule has 0 aliphatic rings. The largest absolute Gasteiger partial charge is 0.192 e. The highest BCUT2D eigenvalue weighted by molar-refractivity contribution is 9.10. The highest BCUT2D eigenvalue weighted by atomic mass is 79.9. The first-order valence-corrected chi connectivity index (χ1v) is 4.87. The van der Waals surface area contributed by atoms with Crippen molar-refractivity contribution in [1.29, 1.82) is 5.26 Å². The van der Waals surface area contributed by atoms with Gasteiger partial charge in [-0.15, -0.1) is 0 Å². The van der Waals surface area contributed by atoms with Crippen molar-refractivity contribution in [3.05, 3.63) is 46.0 Å². The zero-order valence-electron chi connectivity index (χ0n) is 7.42. The summed E-state index contributed by atoms with van der Waals surface area (Å²) in [5.41, 5.74) is 1.86. The molecule has 0 spiro atoms. The average Bonchev–Trinajstić information content (AvgIpc) is 2.17. The molecule has 0 N–H and O–H groups in total. The molecule has 0 saturated heterocycles. The Kier molecular flexibility index (Phi) is 3.72. The summed E-state index contributed by atoms with van der Waals surface area (Å²) in [5.74, 6) is 0. The molecule has 66 valence electrons.